The molecule has 1 aromatic carbocycles. The lowest BCUT2D eigenvalue weighted by Crippen LogP contribution is -2.45. The third-order valence-electron chi connectivity index (χ3n) is 5.64. The molecule has 1 saturated heterocycles. The first-order valence-corrected chi connectivity index (χ1v) is 10.2. The summed E-state index contributed by atoms with van der Waals surface area (Å²) in [6, 6.07) is 9.00. The predicted molar refractivity (Wildman–Crippen MR) is 108 cm³/mol. The number of rotatable bonds is 6. The van der Waals surface area contributed by atoms with Gasteiger partial charge in [0.15, 0.2) is 0 Å². The monoisotopic (exact) mass is 386 g/mol. The second-order valence-electron chi connectivity index (χ2n) is 8.05. The van der Waals surface area contributed by atoms with Gasteiger partial charge < -0.3 is 4.90 Å². The minimum Gasteiger partial charge on any atom is -0.341 e. The maximum atomic E-state index is 13.2. The third kappa shape index (κ3) is 5.19. The summed E-state index contributed by atoms with van der Waals surface area (Å²) in [4.78, 5) is 17.3. The fourth-order valence-corrected chi connectivity index (χ4v) is 3.94. The van der Waals surface area contributed by atoms with Crippen LogP contribution >= 0.6 is 0 Å². The van der Waals surface area contributed by atoms with Crippen LogP contribution in [-0.2, 0) is 17.9 Å². The lowest BCUT2D eigenvalue weighted by Gasteiger charge is -2.34. The number of benzene rings is 1. The van der Waals surface area contributed by atoms with E-state index in [1.54, 1.807) is 6.20 Å². The highest BCUT2D eigenvalue weighted by molar-refractivity contribution is 5.76. The van der Waals surface area contributed by atoms with Gasteiger partial charge in [0.2, 0.25) is 5.91 Å². The van der Waals surface area contributed by atoms with Crippen molar-refractivity contribution < 1.29 is 9.18 Å². The molecule has 28 heavy (non-hydrogen) atoms. The molecule has 1 unspecified atom stereocenters. The number of aryl methyl sites for hydroxylation is 2. The lowest BCUT2D eigenvalue weighted by atomic mass is 10.0. The molecular weight excluding hydrogens is 355 g/mol. The van der Waals surface area contributed by atoms with Gasteiger partial charge >= 0.3 is 0 Å². The molecule has 6 heteroatoms. The smallest absolute Gasteiger partial charge is 0.224 e. The normalized spacial score (nSPS) is 18.5. The molecule has 1 atom stereocenters. The molecule has 0 bridgehead atoms. The van der Waals surface area contributed by atoms with Crippen molar-refractivity contribution in [2.24, 2.45) is 5.92 Å². The Morgan fingerprint density at radius 3 is 2.61 bits per heavy atom. The van der Waals surface area contributed by atoms with E-state index in [4.69, 9.17) is 0 Å². The average molecular weight is 387 g/mol. The first-order chi connectivity index (χ1) is 13.4. The molecule has 0 spiro atoms. The second kappa shape index (κ2) is 9.32. The van der Waals surface area contributed by atoms with Crippen LogP contribution in [0.3, 0.4) is 0 Å². The van der Waals surface area contributed by atoms with Gasteiger partial charge in [0, 0.05) is 57.1 Å². The largest absolute Gasteiger partial charge is 0.341 e. The maximum absolute atomic E-state index is 13.2. The third-order valence-corrected chi connectivity index (χ3v) is 5.64. The van der Waals surface area contributed by atoms with Crippen molar-refractivity contribution in [3.8, 4) is 0 Å². The summed E-state index contributed by atoms with van der Waals surface area (Å²) in [7, 11) is 0. The number of aromatic nitrogens is 2. The minimum absolute atomic E-state index is 0.198. The molecule has 0 aliphatic carbocycles. The quantitative estimate of drug-likeness (QED) is 0.763. The summed E-state index contributed by atoms with van der Waals surface area (Å²) in [5.74, 6) is 0.426. The zero-order chi connectivity index (χ0) is 20.1. The molecule has 0 N–H and O–H groups in total. The van der Waals surface area contributed by atoms with Crippen molar-refractivity contribution in [3.63, 3.8) is 0 Å². The average Bonchev–Trinajstić information content (AvgIpc) is 2.95. The molecule has 1 aliphatic heterocycles. The second-order valence-corrected chi connectivity index (χ2v) is 8.05. The number of amides is 1. The highest BCUT2D eigenvalue weighted by Crippen LogP contribution is 2.21. The highest BCUT2D eigenvalue weighted by Gasteiger charge is 2.29. The SMILES string of the molecule is Cc1ccnn1CCC(=O)N1CCCN(Cc2ccc(F)cc2)C(C(C)C)C1. The Morgan fingerprint density at radius 2 is 1.96 bits per heavy atom. The van der Waals surface area contributed by atoms with Crippen LogP contribution in [0.5, 0.6) is 0 Å². The van der Waals surface area contributed by atoms with Gasteiger partial charge in [-0.3, -0.25) is 14.4 Å². The van der Waals surface area contributed by atoms with Crippen molar-refractivity contribution in [2.75, 3.05) is 19.6 Å². The molecule has 0 radical (unpaired) electrons. The van der Waals surface area contributed by atoms with Crippen molar-refractivity contribution >= 4 is 5.91 Å². The Hall–Kier alpha value is -2.21. The Morgan fingerprint density at radius 1 is 1.21 bits per heavy atom. The van der Waals surface area contributed by atoms with E-state index in [1.165, 1.54) is 12.1 Å². The van der Waals surface area contributed by atoms with Gasteiger partial charge in [-0.1, -0.05) is 26.0 Å². The summed E-state index contributed by atoms with van der Waals surface area (Å²) >= 11 is 0. The molecule has 5 nitrogen and oxygen atoms in total. The van der Waals surface area contributed by atoms with Crippen LogP contribution in [0.15, 0.2) is 36.5 Å². The fraction of sp³-hybridized carbons (Fsp3) is 0.545. The molecule has 1 aromatic heterocycles. The maximum Gasteiger partial charge on any atom is 0.224 e. The Labute approximate surface area is 167 Å². The highest BCUT2D eigenvalue weighted by atomic mass is 19.1. The van der Waals surface area contributed by atoms with Gasteiger partial charge in [-0.2, -0.15) is 5.10 Å². The standard InChI is InChI=1S/C22H31FN4O/c1-17(2)21-16-26(22(28)10-14-27-18(3)9-11-24-27)13-4-12-25(21)15-19-5-7-20(23)8-6-19/h5-9,11,17,21H,4,10,12-16H2,1-3H3. The lowest BCUT2D eigenvalue weighted by molar-refractivity contribution is -0.132. The topological polar surface area (TPSA) is 41.4 Å². The van der Waals surface area contributed by atoms with Gasteiger partial charge in [0.25, 0.3) is 0 Å². The predicted octanol–water partition coefficient (Wildman–Crippen LogP) is 3.48. The van der Waals surface area contributed by atoms with Gasteiger partial charge in [-0.15, -0.1) is 0 Å². The van der Waals surface area contributed by atoms with Crippen molar-refractivity contribution in [2.45, 2.75) is 52.7 Å². The number of halogens is 1. The summed E-state index contributed by atoms with van der Waals surface area (Å²) < 4.78 is 15.1. The van der Waals surface area contributed by atoms with Crippen LogP contribution in [-0.4, -0.2) is 51.2 Å². The van der Waals surface area contributed by atoms with Crippen LogP contribution in [0.2, 0.25) is 0 Å². The van der Waals surface area contributed by atoms with E-state index in [2.05, 4.69) is 23.8 Å². The zero-order valence-electron chi connectivity index (χ0n) is 17.1. The summed E-state index contributed by atoms with van der Waals surface area (Å²) in [6.45, 7) is 10.3. The number of carbonyl (C=O) groups excluding carboxylic acids is 1. The van der Waals surface area contributed by atoms with E-state index in [0.717, 1.165) is 43.9 Å². The first-order valence-electron chi connectivity index (χ1n) is 10.2. The van der Waals surface area contributed by atoms with Gasteiger partial charge in [-0.25, -0.2) is 4.39 Å². The van der Waals surface area contributed by atoms with Gasteiger partial charge in [0.1, 0.15) is 5.82 Å². The van der Waals surface area contributed by atoms with Crippen molar-refractivity contribution in [1.82, 2.24) is 19.6 Å². The molecular formula is C22H31FN4O. The zero-order valence-corrected chi connectivity index (χ0v) is 17.1. The van der Waals surface area contributed by atoms with E-state index in [0.29, 0.717) is 24.9 Å². The molecule has 152 valence electrons. The summed E-state index contributed by atoms with van der Waals surface area (Å²) in [5.41, 5.74) is 2.19. The molecule has 1 aliphatic rings. The first kappa shape index (κ1) is 20.5. The molecule has 2 aromatic rings. The molecule has 1 fully saturated rings. The van der Waals surface area contributed by atoms with Gasteiger partial charge in [0.05, 0.1) is 0 Å². The van der Waals surface area contributed by atoms with E-state index in [-0.39, 0.29) is 11.7 Å². The van der Waals surface area contributed by atoms with Gasteiger partial charge in [-0.05, 0) is 43.0 Å². The van der Waals surface area contributed by atoms with Crippen LogP contribution in [0, 0.1) is 18.7 Å². The molecule has 0 saturated carbocycles. The fourth-order valence-electron chi connectivity index (χ4n) is 3.94. The van der Waals surface area contributed by atoms with E-state index in [9.17, 15) is 9.18 Å². The molecule has 1 amide bonds. The minimum atomic E-state index is -0.204. The number of nitrogens with zero attached hydrogens (tertiary/aromatic N) is 4. The number of carbonyl (C=O) groups is 1. The van der Waals surface area contributed by atoms with Crippen LogP contribution in [0.25, 0.3) is 0 Å². The Kier molecular flexibility index (Phi) is 6.83. The number of hydrogen-bond donors (Lipinski definition) is 0. The number of hydrogen-bond acceptors (Lipinski definition) is 3. The van der Waals surface area contributed by atoms with Crippen molar-refractivity contribution in [1.29, 1.82) is 0 Å². The van der Waals surface area contributed by atoms with E-state index >= 15 is 0 Å². The van der Waals surface area contributed by atoms with E-state index < -0.39 is 0 Å². The Balaban J connectivity index is 1.63. The van der Waals surface area contributed by atoms with Crippen molar-refractivity contribution in [3.05, 3.63) is 53.6 Å². The van der Waals surface area contributed by atoms with Crippen LogP contribution < -0.4 is 0 Å². The van der Waals surface area contributed by atoms with Crippen LogP contribution in [0.1, 0.15) is 37.9 Å². The van der Waals surface area contributed by atoms with Crippen LogP contribution in [0.4, 0.5) is 4.39 Å². The van der Waals surface area contributed by atoms with E-state index in [1.807, 2.05) is 34.7 Å². The summed E-state index contributed by atoms with van der Waals surface area (Å²) in [5, 5.41) is 4.27. The summed E-state index contributed by atoms with van der Waals surface area (Å²) in [6.07, 6.45) is 3.20. The molecule has 2 heterocycles. The molecule has 3 rings (SSSR count). The Bertz CT molecular complexity index is 771.